The number of H-pyrrole nitrogens is 1. The van der Waals surface area contributed by atoms with Crippen LogP contribution in [0.3, 0.4) is 0 Å². The topological polar surface area (TPSA) is 78.0 Å². The number of aliphatic carboxylic acids is 1. The van der Waals surface area contributed by atoms with E-state index >= 15 is 0 Å². The quantitative estimate of drug-likeness (QED) is 0.766. The molecule has 0 amide bonds. The Labute approximate surface area is 136 Å². The highest BCUT2D eigenvalue weighted by Crippen LogP contribution is 2.25. The van der Waals surface area contributed by atoms with Gasteiger partial charge in [-0.25, -0.2) is 4.98 Å². The number of hydrogen-bond acceptors (Lipinski definition) is 3. The molecule has 124 valence electrons. The van der Waals surface area contributed by atoms with E-state index < -0.39 is 5.97 Å². The van der Waals surface area contributed by atoms with Crippen LogP contribution in [-0.2, 0) is 17.6 Å². The van der Waals surface area contributed by atoms with E-state index in [0.717, 1.165) is 48.4 Å². The van der Waals surface area contributed by atoms with Crippen LogP contribution in [0.5, 0.6) is 0 Å². The van der Waals surface area contributed by atoms with Crippen molar-refractivity contribution in [1.82, 2.24) is 15.3 Å². The van der Waals surface area contributed by atoms with Crippen molar-refractivity contribution in [3.8, 4) is 0 Å². The van der Waals surface area contributed by atoms with E-state index in [9.17, 15) is 9.90 Å². The monoisotopic (exact) mass is 315 g/mol. The molecule has 1 saturated heterocycles. The molecule has 1 aliphatic rings. The van der Waals surface area contributed by atoms with Gasteiger partial charge in [-0.1, -0.05) is 19.9 Å². The first-order valence-electron chi connectivity index (χ1n) is 8.44. The van der Waals surface area contributed by atoms with Gasteiger partial charge in [-0.15, -0.1) is 0 Å². The highest BCUT2D eigenvalue weighted by molar-refractivity contribution is 5.76. The molecule has 2 heterocycles. The van der Waals surface area contributed by atoms with Crippen molar-refractivity contribution in [2.75, 3.05) is 13.1 Å². The second kappa shape index (κ2) is 6.71. The number of carboxylic acid groups (broad SMARTS) is 1. The number of imidazole rings is 1. The Hall–Kier alpha value is -1.88. The van der Waals surface area contributed by atoms with Crippen LogP contribution in [-0.4, -0.2) is 34.1 Å². The molecular formula is C18H25N3O2. The minimum absolute atomic E-state index is 0.224. The molecule has 0 spiro atoms. The zero-order valence-corrected chi connectivity index (χ0v) is 13.8. The largest absolute Gasteiger partial charge is 0.481 e. The summed E-state index contributed by atoms with van der Waals surface area (Å²) in [5, 5.41) is 12.8. The number of carboxylic acids is 1. The lowest BCUT2D eigenvalue weighted by Gasteiger charge is -2.18. The van der Waals surface area contributed by atoms with E-state index in [1.54, 1.807) is 0 Å². The smallest absolute Gasteiger partial charge is 0.307 e. The molecule has 3 N–H and O–H groups in total. The summed E-state index contributed by atoms with van der Waals surface area (Å²) in [6, 6.07) is 6.07. The van der Waals surface area contributed by atoms with E-state index in [0.29, 0.717) is 12.3 Å². The fraction of sp³-hybridized carbons (Fsp3) is 0.556. The summed E-state index contributed by atoms with van der Waals surface area (Å²) < 4.78 is 0. The lowest BCUT2D eigenvalue weighted by Crippen LogP contribution is -2.27. The summed E-state index contributed by atoms with van der Waals surface area (Å²) >= 11 is 0. The lowest BCUT2D eigenvalue weighted by atomic mass is 9.86. The highest BCUT2D eigenvalue weighted by Gasteiger charge is 2.30. The molecule has 1 aromatic carbocycles. The highest BCUT2D eigenvalue weighted by atomic mass is 16.4. The summed E-state index contributed by atoms with van der Waals surface area (Å²) in [7, 11) is 0. The predicted molar refractivity (Wildman–Crippen MR) is 90.4 cm³/mol. The average Bonchev–Trinajstić information content (AvgIpc) is 3.11. The molecular weight excluding hydrogens is 290 g/mol. The molecule has 2 unspecified atom stereocenters. The van der Waals surface area contributed by atoms with Crippen molar-refractivity contribution in [1.29, 1.82) is 0 Å². The van der Waals surface area contributed by atoms with Gasteiger partial charge in [-0.05, 0) is 55.5 Å². The van der Waals surface area contributed by atoms with E-state index in [4.69, 9.17) is 0 Å². The van der Waals surface area contributed by atoms with Crippen molar-refractivity contribution >= 4 is 17.0 Å². The number of benzene rings is 1. The molecule has 0 radical (unpaired) electrons. The van der Waals surface area contributed by atoms with Crippen LogP contribution in [0.15, 0.2) is 18.2 Å². The molecule has 5 nitrogen and oxygen atoms in total. The number of fused-ring (bicyclic) bond motifs is 1. The molecule has 5 heteroatoms. The number of aromatic nitrogens is 2. The van der Waals surface area contributed by atoms with Gasteiger partial charge in [-0.3, -0.25) is 4.79 Å². The molecule has 2 aromatic rings. The number of aromatic amines is 1. The number of nitrogens with one attached hydrogen (secondary N) is 2. The summed E-state index contributed by atoms with van der Waals surface area (Å²) in [6.07, 6.45) is 2.45. The first-order valence-corrected chi connectivity index (χ1v) is 8.44. The zero-order chi connectivity index (χ0) is 16.4. The van der Waals surface area contributed by atoms with Gasteiger partial charge < -0.3 is 15.4 Å². The summed E-state index contributed by atoms with van der Waals surface area (Å²) in [5.41, 5.74) is 3.03. The molecule has 0 aliphatic carbocycles. The Morgan fingerprint density at radius 1 is 1.39 bits per heavy atom. The maximum atomic E-state index is 11.6. The van der Waals surface area contributed by atoms with Gasteiger partial charge in [0.1, 0.15) is 5.82 Å². The van der Waals surface area contributed by atoms with Crippen LogP contribution in [0.1, 0.15) is 31.7 Å². The van der Waals surface area contributed by atoms with Gasteiger partial charge in [0.2, 0.25) is 0 Å². The standard InChI is InChI=1S/C18H25N3O2/c1-11(2)7-17-20-15-4-3-12(9-16(15)21-17)8-14(18(22)23)13-5-6-19-10-13/h3-4,9,11,13-14,19H,5-8,10H2,1-2H3,(H,20,21)(H,22,23). The fourth-order valence-electron chi connectivity index (χ4n) is 3.45. The third kappa shape index (κ3) is 3.72. The second-order valence-corrected chi connectivity index (χ2v) is 7.03. The summed E-state index contributed by atoms with van der Waals surface area (Å²) in [6.45, 7) is 6.08. The van der Waals surface area contributed by atoms with Gasteiger partial charge >= 0.3 is 5.97 Å². The van der Waals surface area contributed by atoms with Crippen LogP contribution >= 0.6 is 0 Å². The molecule has 1 aliphatic heterocycles. The third-order valence-electron chi connectivity index (χ3n) is 4.64. The van der Waals surface area contributed by atoms with Crippen LogP contribution in [0, 0.1) is 17.8 Å². The van der Waals surface area contributed by atoms with Gasteiger partial charge in [0.25, 0.3) is 0 Å². The van der Waals surface area contributed by atoms with Crippen molar-refractivity contribution in [3.63, 3.8) is 0 Å². The van der Waals surface area contributed by atoms with Gasteiger partial charge in [0.15, 0.2) is 0 Å². The number of carbonyl (C=O) groups is 1. The Morgan fingerprint density at radius 2 is 2.22 bits per heavy atom. The van der Waals surface area contributed by atoms with Crippen LogP contribution in [0.2, 0.25) is 0 Å². The zero-order valence-electron chi connectivity index (χ0n) is 13.8. The average molecular weight is 315 g/mol. The molecule has 2 atom stereocenters. The molecule has 3 rings (SSSR count). The molecule has 1 fully saturated rings. The SMILES string of the molecule is CC(C)Cc1nc2ccc(CC(C(=O)O)C3CCNC3)cc2[nH]1. The normalized spacial score (nSPS) is 19.5. The van der Waals surface area contributed by atoms with Gasteiger partial charge in [0, 0.05) is 6.42 Å². The maximum Gasteiger partial charge on any atom is 0.307 e. The van der Waals surface area contributed by atoms with Crippen LogP contribution < -0.4 is 5.32 Å². The van der Waals surface area contributed by atoms with E-state index in [2.05, 4.69) is 35.2 Å². The van der Waals surface area contributed by atoms with E-state index in [-0.39, 0.29) is 11.8 Å². The predicted octanol–water partition coefficient (Wildman–Crippen LogP) is 2.61. The van der Waals surface area contributed by atoms with Crippen molar-refractivity contribution < 1.29 is 9.90 Å². The number of hydrogen-bond donors (Lipinski definition) is 3. The van der Waals surface area contributed by atoms with E-state index in [1.807, 2.05) is 12.1 Å². The minimum Gasteiger partial charge on any atom is -0.481 e. The van der Waals surface area contributed by atoms with Crippen LogP contribution in [0.4, 0.5) is 0 Å². The Kier molecular flexibility index (Phi) is 4.66. The fourth-order valence-corrected chi connectivity index (χ4v) is 3.45. The van der Waals surface area contributed by atoms with Crippen molar-refractivity contribution in [2.45, 2.75) is 33.1 Å². The third-order valence-corrected chi connectivity index (χ3v) is 4.64. The van der Waals surface area contributed by atoms with Crippen molar-refractivity contribution in [2.24, 2.45) is 17.8 Å². The first kappa shape index (κ1) is 16.0. The summed E-state index contributed by atoms with van der Waals surface area (Å²) in [5.74, 6) is 0.772. The Morgan fingerprint density at radius 3 is 2.87 bits per heavy atom. The number of nitrogens with zero attached hydrogens (tertiary/aromatic N) is 1. The summed E-state index contributed by atoms with van der Waals surface area (Å²) in [4.78, 5) is 19.6. The van der Waals surface area contributed by atoms with Crippen LogP contribution in [0.25, 0.3) is 11.0 Å². The maximum absolute atomic E-state index is 11.6. The molecule has 0 bridgehead atoms. The lowest BCUT2D eigenvalue weighted by molar-refractivity contribution is -0.143. The Balaban J connectivity index is 1.80. The molecule has 0 saturated carbocycles. The molecule has 1 aromatic heterocycles. The first-order chi connectivity index (χ1) is 11.0. The number of rotatable bonds is 6. The minimum atomic E-state index is -0.691. The van der Waals surface area contributed by atoms with Gasteiger partial charge in [-0.2, -0.15) is 0 Å². The van der Waals surface area contributed by atoms with Gasteiger partial charge in [0.05, 0.1) is 17.0 Å². The molecule has 23 heavy (non-hydrogen) atoms. The second-order valence-electron chi connectivity index (χ2n) is 7.03. The van der Waals surface area contributed by atoms with Crippen molar-refractivity contribution in [3.05, 3.63) is 29.6 Å². The Bertz CT molecular complexity index is 687. The van der Waals surface area contributed by atoms with E-state index in [1.165, 1.54) is 0 Å².